The van der Waals surface area contributed by atoms with Gasteiger partial charge in [0.05, 0.1) is 4.90 Å². The second-order valence-electron chi connectivity index (χ2n) is 6.92. The number of hydrogen-bond donors (Lipinski definition) is 2. The fraction of sp³-hybridized carbons (Fsp3) is 0.789. The van der Waals surface area contributed by atoms with E-state index < -0.39 is 0 Å². The third kappa shape index (κ3) is 5.98. The van der Waals surface area contributed by atoms with Crippen LogP contribution in [0.1, 0.15) is 77.6 Å². The van der Waals surface area contributed by atoms with Gasteiger partial charge in [0.25, 0.3) is 0 Å². The van der Waals surface area contributed by atoms with Gasteiger partial charge in [0.1, 0.15) is 0 Å². The molecule has 1 heterocycles. The third-order valence-corrected chi connectivity index (χ3v) is 6.11. The molecule has 0 atom stereocenters. The number of nitrogens with zero attached hydrogens (tertiary/aromatic N) is 1. The fourth-order valence-electron chi connectivity index (χ4n) is 3.51. The molecule has 23 heavy (non-hydrogen) atoms. The van der Waals surface area contributed by atoms with Crippen LogP contribution in [0.5, 0.6) is 11.8 Å². The minimum atomic E-state index is 0.218. The van der Waals surface area contributed by atoms with Crippen LogP contribution in [0.15, 0.2) is 11.0 Å². The lowest BCUT2D eigenvalue weighted by molar-refractivity contribution is 0.303. The first-order valence-electron chi connectivity index (χ1n) is 9.46. The van der Waals surface area contributed by atoms with E-state index in [1.807, 2.05) is 0 Å². The molecule has 0 aliphatic heterocycles. The number of hydrogen-bond acceptors (Lipinski definition) is 3. The van der Waals surface area contributed by atoms with Crippen LogP contribution in [0.3, 0.4) is 0 Å². The monoisotopic (exact) mass is 339 g/mol. The maximum Gasteiger partial charge on any atom is 0.208 e. The van der Waals surface area contributed by atoms with Crippen LogP contribution < -0.4 is 0 Å². The minimum absolute atomic E-state index is 0.218. The summed E-state index contributed by atoms with van der Waals surface area (Å²) in [6.45, 7) is 2.88. The van der Waals surface area contributed by atoms with Gasteiger partial charge in [-0.3, -0.25) is 4.57 Å². The Hall–Kier alpha value is -0.770. The van der Waals surface area contributed by atoms with E-state index in [2.05, 4.69) is 6.92 Å². The number of rotatable bonds is 5. The van der Waals surface area contributed by atoms with E-state index in [0.29, 0.717) is 5.92 Å². The molecule has 0 amide bonds. The molecule has 2 rings (SSSR count). The Morgan fingerprint density at radius 2 is 1.57 bits per heavy atom. The third-order valence-electron chi connectivity index (χ3n) is 4.89. The first-order valence-corrected chi connectivity index (χ1v) is 10.4. The van der Waals surface area contributed by atoms with Crippen molar-refractivity contribution in [1.29, 1.82) is 0 Å². The van der Waals surface area contributed by atoms with Gasteiger partial charge in [0, 0.05) is 12.6 Å². The highest BCUT2D eigenvalue weighted by Gasteiger charge is 2.18. The highest BCUT2D eigenvalue weighted by atomic mass is 32.2. The van der Waals surface area contributed by atoms with Crippen LogP contribution in [-0.2, 0) is 6.54 Å². The number of thioether (sulfide) groups is 1. The van der Waals surface area contributed by atoms with Gasteiger partial charge in [-0.15, -0.1) is 11.8 Å². The molecule has 1 fully saturated rings. The standard InChI is InChI=1S/C19H33NO2S/c1-2-13-23-17-14-18(21)20(19(17)22)15-16-11-9-7-5-3-4-6-8-10-12-16/h14,16,21-22H,2-13,15H2,1H3. The van der Waals surface area contributed by atoms with Crippen LogP contribution >= 0.6 is 11.8 Å². The summed E-state index contributed by atoms with van der Waals surface area (Å²) in [5, 5.41) is 20.6. The van der Waals surface area contributed by atoms with Crippen molar-refractivity contribution in [3.8, 4) is 11.8 Å². The number of aromatic hydroxyl groups is 2. The topological polar surface area (TPSA) is 45.4 Å². The molecular weight excluding hydrogens is 306 g/mol. The smallest absolute Gasteiger partial charge is 0.208 e. The second kappa shape index (κ2) is 10.2. The van der Waals surface area contributed by atoms with Crippen molar-refractivity contribution in [1.82, 2.24) is 4.57 Å². The quantitative estimate of drug-likeness (QED) is 0.653. The molecule has 4 heteroatoms. The molecule has 1 aliphatic carbocycles. The molecule has 0 bridgehead atoms. The Morgan fingerprint density at radius 3 is 2.13 bits per heavy atom. The molecule has 1 aliphatic rings. The largest absolute Gasteiger partial charge is 0.494 e. The van der Waals surface area contributed by atoms with Gasteiger partial charge in [-0.1, -0.05) is 58.3 Å². The zero-order valence-corrected chi connectivity index (χ0v) is 15.4. The first-order chi connectivity index (χ1) is 11.2. The van der Waals surface area contributed by atoms with Gasteiger partial charge in [0.15, 0.2) is 5.88 Å². The van der Waals surface area contributed by atoms with Crippen molar-refractivity contribution in [2.45, 2.75) is 89.0 Å². The molecule has 0 saturated heterocycles. The molecule has 0 unspecified atom stereocenters. The van der Waals surface area contributed by atoms with E-state index in [1.54, 1.807) is 22.4 Å². The van der Waals surface area contributed by atoms with Crippen LogP contribution in [0.4, 0.5) is 0 Å². The lowest BCUT2D eigenvalue weighted by Gasteiger charge is -2.18. The van der Waals surface area contributed by atoms with Crippen molar-refractivity contribution < 1.29 is 10.2 Å². The molecule has 1 aromatic heterocycles. The Morgan fingerprint density at radius 1 is 1.00 bits per heavy atom. The van der Waals surface area contributed by atoms with Gasteiger partial charge in [-0.2, -0.15) is 0 Å². The molecule has 1 aromatic rings. The van der Waals surface area contributed by atoms with Gasteiger partial charge < -0.3 is 10.2 Å². The summed E-state index contributed by atoms with van der Waals surface area (Å²) in [6.07, 6.45) is 14.2. The average Bonchev–Trinajstić information content (AvgIpc) is 2.79. The number of aromatic nitrogens is 1. The van der Waals surface area contributed by atoms with Crippen LogP contribution in [-0.4, -0.2) is 20.5 Å². The summed E-state index contributed by atoms with van der Waals surface area (Å²) in [5.74, 6) is 2.02. The Bertz CT molecular complexity index is 446. The van der Waals surface area contributed by atoms with Crippen molar-refractivity contribution in [2.75, 3.05) is 5.75 Å². The lowest BCUT2D eigenvalue weighted by Crippen LogP contribution is -2.10. The van der Waals surface area contributed by atoms with E-state index in [0.717, 1.165) is 23.6 Å². The van der Waals surface area contributed by atoms with Gasteiger partial charge in [-0.05, 0) is 30.9 Å². The second-order valence-corrected chi connectivity index (χ2v) is 8.06. The van der Waals surface area contributed by atoms with Crippen LogP contribution in [0, 0.1) is 5.92 Å². The van der Waals surface area contributed by atoms with E-state index in [4.69, 9.17) is 0 Å². The summed E-state index contributed by atoms with van der Waals surface area (Å²) in [5.41, 5.74) is 0. The molecule has 2 N–H and O–H groups in total. The SMILES string of the molecule is CCCSc1cc(O)n(CC2CCCCCCCCCC2)c1O. The lowest BCUT2D eigenvalue weighted by atomic mass is 9.95. The summed E-state index contributed by atoms with van der Waals surface area (Å²) >= 11 is 1.63. The summed E-state index contributed by atoms with van der Waals surface area (Å²) in [7, 11) is 0. The van der Waals surface area contributed by atoms with Crippen molar-refractivity contribution >= 4 is 11.8 Å². The molecule has 3 nitrogen and oxygen atoms in total. The van der Waals surface area contributed by atoms with Crippen molar-refractivity contribution in [2.24, 2.45) is 5.92 Å². The summed E-state index contributed by atoms with van der Waals surface area (Å²) < 4.78 is 1.72. The van der Waals surface area contributed by atoms with E-state index in [1.165, 1.54) is 64.2 Å². The van der Waals surface area contributed by atoms with Crippen molar-refractivity contribution in [3.63, 3.8) is 0 Å². The Labute approximate surface area is 145 Å². The van der Waals surface area contributed by atoms with Crippen LogP contribution in [0.25, 0.3) is 0 Å². The van der Waals surface area contributed by atoms with Crippen molar-refractivity contribution in [3.05, 3.63) is 6.07 Å². The molecular formula is C19H33NO2S. The normalized spacial score (nSPS) is 18.7. The van der Waals surface area contributed by atoms with Gasteiger partial charge in [-0.25, -0.2) is 0 Å². The van der Waals surface area contributed by atoms with E-state index in [9.17, 15) is 10.2 Å². The fourth-order valence-corrected chi connectivity index (χ4v) is 4.36. The summed E-state index contributed by atoms with van der Waals surface area (Å²) in [4.78, 5) is 0.820. The average molecular weight is 340 g/mol. The van der Waals surface area contributed by atoms with Gasteiger partial charge in [0.2, 0.25) is 5.88 Å². The summed E-state index contributed by atoms with van der Waals surface area (Å²) in [6, 6.07) is 1.72. The zero-order valence-electron chi connectivity index (χ0n) is 14.6. The Balaban J connectivity index is 1.98. The van der Waals surface area contributed by atoms with E-state index in [-0.39, 0.29) is 11.8 Å². The maximum atomic E-state index is 10.4. The predicted octanol–water partition coefficient (Wildman–Crippen LogP) is 5.93. The molecule has 0 radical (unpaired) electrons. The first kappa shape index (κ1) is 18.6. The van der Waals surface area contributed by atoms with E-state index >= 15 is 0 Å². The van der Waals surface area contributed by atoms with Crippen LogP contribution in [0.2, 0.25) is 0 Å². The highest BCUT2D eigenvalue weighted by molar-refractivity contribution is 7.99. The molecule has 0 aromatic carbocycles. The molecule has 0 spiro atoms. The maximum absolute atomic E-state index is 10.4. The van der Waals surface area contributed by atoms with Gasteiger partial charge >= 0.3 is 0 Å². The zero-order chi connectivity index (χ0) is 16.5. The molecule has 132 valence electrons. The minimum Gasteiger partial charge on any atom is -0.494 e. The molecule has 1 saturated carbocycles. The predicted molar refractivity (Wildman–Crippen MR) is 98.4 cm³/mol. The Kier molecular flexibility index (Phi) is 8.21. The highest BCUT2D eigenvalue weighted by Crippen LogP contribution is 2.37.